The fourth-order valence-electron chi connectivity index (χ4n) is 1.93. The summed E-state index contributed by atoms with van der Waals surface area (Å²) in [5.74, 6) is 1.40. The Labute approximate surface area is 104 Å². The van der Waals surface area contributed by atoms with Gasteiger partial charge in [0.05, 0.1) is 12.5 Å². The Morgan fingerprint density at radius 1 is 1.35 bits per heavy atom. The van der Waals surface area contributed by atoms with Crippen LogP contribution in [-0.2, 0) is 0 Å². The maximum absolute atomic E-state index is 8.69. The van der Waals surface area contributed by atoms with Crippen molar-refractivity contribution in [2.45, 2.75) is 52.6 Å². The molecule has 92 valence electrons. The highest BCUT2D eigenvalue weighted by molar-refractivity contribution is 5.36. The summed E-state index contributed by atoms with van der Waals surface area (Å²) in [6.07, 6.45) is 1.31. The lowest BCUT2D eigenvalue weighted by Crippen LogP contribution is -2.14. The third-order valence-electron chi connectivity index (χ3n) is 2.94. The molecule has 17 heavy (non-hydrogen) atoms. The second kappa shape index (κ2) is 6.30. The van der Waals surface area contributed by atoms with Crippen LogP contribution in [0.5, 0.6) is 5.75 Å². The van der Waals surface area contributed by atoms with Gasteiger partial charge in [0.1, 0.15) is 11.9 Å². The normalized spacial score (nSPS) is 12.2. The number of nitriles is 1. The maximum atomic E-state index is 8.69. The van der Waals surface area contributed by atoms with Crippen LogP contribution in [0.25, 0.3) is 0 Å². The molecule has 1 aromatic rings. The molecule has 0 fully saturated rings. The van der Waals surface area contributed by atoms with Gasteiger partial charge in [-0.05, 0) is 42.5 Å². The Hall–Kier alpha value is -1.49. The van der Waals surface area contributed by atoms with Gasteiger partial charge in [-0.15, -0.1) is 0 Å². The first kappa shape index (κ1) is 13.6. The summed E-state index contributed by atoms with van der Waals surface area (Å²) in [7, 11) is 0. The van der Waals surface area contributed by atoms with E-state index in [1.807, 2.05) is 13.0 Å². The van der Waals surface area contributed by atoms with Crippen molar-refractivity contribution in [1.29, 1.82) is 5.26 Å². The van der Waals surface area contributed by atoms with Gasteiger partial charge < -0.3 is 4.74 Å². The molecule has 0 saturated carbocycles. The smallest absolute Gasteiger partial charge is 0.120 e. The highest BCUT2D eigenvalue weighted by atomic mass is 16.5. The minimum absolute atomic E-state index is 0.00398. The van der Waals surface area contributed by atoms with Gasteiger partial charge in [0.2, 0.25) is 0 Å². The van der Waals surface area contributed by atoms with Crippen molar-refractivity contribution in [3.8, 4) is 11.8 Å². The van der Waals surface area contributed by atoms with Crippen molar-refractivity contribution < 1.29 is 4.74 Å². The first-order valence-corrected chi connectivity index (χ1v) is 6.22. The maximum Gasteiger partial charge on any atom is 0.120 e. The van der Waals surface area contributed by atoms with E-state index in [0.29, 0.717) is 12.3 Å². The zero-order chi connectivity index (χ0) is 12.8. The van der Waals surface area contributed by atoms with E-state index in [-0.39, 0.29) is 6.10 Å². The molecule has 0 N–H and O–H groups in total. The van der Waals surface area contributed by atoms with E-state index in [2.05, 4.69) is 39.0 Å². The average molecular weight is 231 g/mol. The molecular weight excluding hydrogens is 210 g/mol. The Morgan fingerprint density at radius 2 is 2.06 bits per heavy atom. The van der Waals surface area contributed by atoms with Crippen molar-refractivity contribution >= 4 is 0 Å². The Balaban J connectivity index is 2.80. The van der Waals surface area contributed by atoms with E-state index in [1.165, 1.54) is 11.1 Å². The lowest BCUT2D eigenvalue weighted by atomic mass is 9.98. The highest BCUT2D eigenvalue weighted by Gasteiger charge is 2.09. The molecular formula is C15H21NO. The van der Waals surface area contributed by atoms with Gasteiger partial charge >= 0.3 is 0 Å². The van der Waals surface area contributed by atoms with Crippen LogP contribution < -0.4 is 4.74 Å². The van der Waals surface area contributed by atoms with E-state index in [9.17, 15) is 0 Å². The zero-order valence-corrected chi connectivity index (χ0v) is 11.2. The Kier molecular flexibility index (Phi) is 5.03. The van der Waals surface area contributed by atoms with E-state index in [1.54, 1.807) is 0 Å². The molecule has 0 spiro atoms. The van der Waals surface area contributed by atoms with Crippen molar-refractivity contribution in [1.82, 2.24) is 0 Å². The van der Waals surface area contributed by atoms with Gasteiger partial charge in [-0.1, -0.05) is 26.8 Å². The van der Waals surface area contributed by atoms with Crippen LogP contribution >= 0.6 is 0 Å². The fraction of sp³-hybridized carbons (Fsp3) is 0.533. The average Bonchev–Trinajstić information content (AvgIpc) is 2.28. The van der Waals surface area contributed by atoms with Gasteiger partial charge in [0.15, 0.2) is 0 Å². The number of benzene rings is 1. The molecule has 0 bridgehead atoms. The molecule has 0 heterocycles. The minimum Gasteiger partial charge on any atom is -0.489 e. The number of hydrogen-bond acceptors (Lipinski definition) is 2. The third-order valence-corrected chi connectivity index (χ3v) is 2.94. The molecule has 0 radical (unpaired) electrons. The monoisotopic (exact) mass is 231 g/mol. The van der Waals surface area contributed by atoms with Crippen LogP contribution in [0.1, 0.15) is 50.7 Å². The van der Waals surface area contributed by atoms with Crippen LogP contribution in [-0.4, -0.2) is 6.10 Å². The topological polar surface area (TPSA) is 33.0 Å². The van der Waals surface area contributed by atoms with Crippen molar-refractivity contribution in [3.05, 3.63) is 29.3 Å². The number of nitrogens with zero attached hydrogens (tertiary/aromatic N) is 1. The molecule has 2 heteroatoms. The quantitative estimate of drug-likeness (QED) is 0.761. The molecule has 1 atom stereocenters. The number of hydrogen-bond donors (Lipinski definition) is 0. The molecule has 1 aromatic carbocycles. The van der Waals surface area contributed by atoms with Gasteiger partial charge in [-0.2, -0.15) is 5.26 Å². The predicted molar refractivity (Wildman–Crippen MR) is 70.2 cm³/mol. The first-order valence-electron chi connectivity index (χ1n) is 6.22. The molecule has 1 rings (SSSR count). The zero-order valence-electron chi connectivity index (χ0n) is 11.2. The molecule has 0 saturated heterocycles. The lowest BCUT2D eigenvalue weighted by molar-refractivity contribution is 0.202. The highest BCUT2D eigenvalue weighted by Crippen LogP contribution is 2.24. The van der Waals surface area contributed by atoms with E-state index in [4.69, 9.17) is 10.00 Å². The Bertz CT molecular complexity index is 404. The second-order valence-corrected chi connectivity index (χ2v) is 4.68. The van der Waals surface area contributed by atoms with Crippen molar-refractivity contribution in [2.75, 3.05) is 0 Å². The molecule has 0 aromatic heterocycles. The fourth-order valence-corrected chi connectivity index (χ4v) is 1.93. The van der Waals surface area contributed by atoms with Gasteiger partial charge in [-0.3, -0.25) is 0 Å². The summed E-state index contributed by atoms with van der Waals surface area (Å²) < 4.78 is 5.80. The van der Waals surface area contributed by atoms with E-state index in [0.717, 1.165) is 12.2 Å². The summed E-state index contributed by atoms with van der Waals surface area (Å²) in [5, 5.41) is 8.69. The van der Waals surface area contributed by atoms with Gasteiger partial charge in [0.25, 0.3) is 0 Å². The van der Waals surface area contributed by atoms with Crippen LogP contribution in [0, 0.1) is 18.3 Å². The van der Waals surface area contributed by atoms with Crippen LogP contribution in [0.2, 0.25) is 0 Å². The summed E-state index contributed by atoms with van der Waals surface area (Å²) >= 11 is 0. The van der Waals surface area contributed by atoms with Gasteiger partial charge in [0, 0.05) is 0 Å². The molecule has 1 unspecified atom stereocenters. The van der Waals surface area contributed by atoms with Gasteiger partial charge in [-0.25, -0.2) is 0 Å². The summed E-state index contributed by atoms with van der Waals surface area (Å²) in [6, 6.07) is 8.34. The number of ether oxygens (including phenoxy) is 1. The predicted octanol–water partition coefficient (Wildman–Crippen LogP) is 4.19. The van der Waals surface area contributed by atoms with Crippen LogP contribution in [0.15, 0.2) is 18.2 Å². The number of rotatable bonds is 5. The van der Waals surface area contributed by atoms with Crippen molar-refractivity contribution in [3.63, 3.8) is 0 Å². The van der Waals surface area contributed by atoms with E-state index >= 15 is 0 Å². The van der Waals surface area contributed by atoms with Crippen LogP contribution in [0.4, 0.5) is 0 Å². The third kappa shape index (κ3) is 3.78. The van der Waals surface area contributed by atoms with E-state index < -0.39 is 0 Å². The molecule has 2 nitrogen and oxygen atoms in total. The van der Waals surface area contributed by atoms with Crippen molar-refractivity contribution in [2.24, 2.45) is 0 Å². The molecule has 0 amide bonds. The lowest BCUT2D eigenvalue weighted by Gasteiger charge is -2.17. The Morgan fingerprint density at radius 3 is 2.53 bits per heavy atom. The van der Waals surface area contributed by atoms with Crippen LogP contribution in [0.3, 0.4) is 0 Å². The number of aryl methyl sites for hydroxylation is 1. The second-order valence-electron chi connectivity index (χ2n) is 4.68. The molecule has 0 aliphatic heterocycles. The molecule has 0 aliphatic rings. The summed E-state index contributed by atoms with van der Waals surface area (Å²) in [4.78, 5) is 0. The standard InChI is InChI=1S/C15H21NO/c1-5-13(8-9-16)17-14-6-7-15(11(2)3)12(4)10-14/h6-7,10-11,13H,5,8H2,1-4H3. The summed E-state index contributed by atoms with van der Waals surface area (Å²) in [6.45, 7) is 8.52. The molecule has 0 aliphatic carbocycles. The first-order chi connectivity index (χ1) is 8.08. The SMILES string of the molecule is CCC(CC#N)Oc1ccc(C(C)C)c(C)c1. The largest absolute Gasteiger partial charge is 0.489 e. The minimum atomic E-state index is 0.00398. The summed E-state index contributed by atoms with van der Waals surface area (Å²) in [5.41, 5.74) is 2.61.